The predicted octanol–water partition coefficient (Wildman–Crippen LogP) is 2.09. The van der Waals surface area contributed by atoms with Crippen molar-refractivity contribution in [1.82, 2.24) is 4.98 Å². The van der Waals surface area contributed by atoms with Crippen molar-refractivity contribution in [2.24, 2.45) is 5.73 Å². The highest BCUT2D eigenvalue weighted by Crippen LogP contribution is 2.30. The Kier molecular flexibility index (Phi) is 4.28. The molecular formula is C10H11F5N4. The number of anilines is 1. The highest BCUT2D eigenvalue weighted by Gasteiger charge is 2.33. The van der Waals surface area contributed by atoms with Gasteiger partial charge in [-0.15, -0.1) is 0 Å². The fourth-order valence-corrected chi connectivity index (χ4v) is 1.40. The first-order valence-corrected chi connectivity index (χ1v) is 5.05. The van der Waals surface area contributed by atoms with Crippen molar-refractivity contribution in [3.63, 3.8) is 0 Å². The summed E-state index contributed by atoms with van der Waals surface area (Å²) in [5.41, 5.74) is 3.83. The Morgan fingerprint density at radius 1 is 1.42 bits per heavy atom. The fourth-order valence-electron chi connectivity index (χ4n) is 1.40. The summed E-state index contributed by atoms with van der Waals surface area (Å²) < 4.78 is 62.1. The number of pyridine rings is 1. The number of aromatic nitrogens is 1. The molecule has 1 aromatic rings. The predicted molar refractivity (Wildman–Crippen MR) is 59.5 cm³/mol. The van der Waals surface area contributed by atoms with Gasteiger partial charge in [0.1, 0.15) is 17.3 Å². The first-order valence-electron chi connectivity index (χ1n) is 5.05. The largest absolute Gasteiger partial charge is 0.433 e. The average molecular weight is 282 g/mol. The lowest BCUT2D eigenvalue weighted by molar-refractivity contribution is -0.141. The van der Waals surface area contributed by atoms with Crippen LogP contribution in [0.1, 0.15) is 11.3 Å². The Bertz CT molecular complexity index is 471. The zero-order valence-electron chi connectivity index (χ0n) is 9.80. The third-order valence-corrected chi connectivity index (χ3v) is 2.23. The van der Waals surface area contributed by atoms with Gasteiger partial charge in [0.2, 0.25) is 0 Å². The molecule has 0 aliphatic rings. The van der Waals surface area contributed by atoms with Crippen LogP contribution in [0.5, 0.6) is 0 Å². The Hall–Kier alpha value is -1.93. The maximum absolute atomic E-state index is 12.5. The Morgan fingerprint density at radius 3 is 2.42 bits per heavy atom. The van der Waals surface area contributed by atoms with E-state index < -0.39 is 36.5 Å². The summed E-state index contributed by atoms with van der Waals surface area (Å²) in [5, 5.41) is 7.22. The van der Waals surface area contributed by atoms with Crippen molar-refractivity contribution in [2.75, 3.05) is 18.5 Å². The second kappa shape index (κ2) is 5.37. The minimum atomic E-state index is -4.70. The SMILES string of the molecule is CN(CC(F)F)c1nc(C(F)(F)F)ccc1C(=N)N. The van der Waals surface area contributed by atoms with Crippen LogP contribution < -0.4 is 10.6 Å². The Morgan fingerprint density at radius 2 is 2.00 bits per heavy atom. The Labute approximate surface area is 105 Å². The molecule has 0 aromatic carbocycles. The Balaban J connectivity index is 3.27. The van der Waals surface area contributed by atoms with Crippen molar-refractivity contribution in [3.05, 3.63) is 23.4 Å². The van der Waals surface area contributed by atoms with Crippen LogP contribution in [-0.4, -0.2) is 30.8 Å². The van der Waals surface area contributed by atoms with E-state index in [4.69, 9.17) is 11.1 Å². The van der Waals surface area contributed by atoms with Gasteiger partial charge in [0.15, 0.2) is 0 Å². The second-order valence-electron chi connectivity index (χ2n) is 3.75. The fraction of sp³-hybridized carbons (Fsp3) is 0.400. The molecule has 0 aliphatic carbocycles. The highest BCUT2D eigenvalue weighted by atomic mass is 19.4. The van der Waals surface area contributed by atoms with Crippen molar-refractivity contribution in [3.8, 4) is 0 Å². The number of hydrogen-bond acceptors (Lipinski definition) is 3. The summed E-state index contributed by atoms with van der Waals surface area (Å²) in [6, 6.07) is 1.59. The molecule has 106 valence electrons. The molecule has 0 bridgehead atoms. The smallest absolute Gasteiger partial charge is 0.384 e. The zero-order valence-corrected chi connectivity index (χ0v) is 9.80. The van der Waals surface area contributed by atoms with E-state index in [1.807, 2.05) is 0 Å². The molecule has 9 heteroatoms. The van der Waals surface area contributed by atoms with Gasteiger partial charge in [-0.1, -0.05) is 0 Å². The third kappa shape index (κ3) is 3.76. The molecule has 1 aromatic heterocycles. The van der Waals surface area contributed by atoms with E-state index >= 15 is 0 Å². The number of hydrogen-bond donors (Lipinski definition) is 2. The van der Waals surface area contributed by atoms with Crippen molar-refractivity contribution < 1.29 is 22.0 Å². The number of nitrogen functional groups attached to an aromatic ring is 1. The van der Waals surface area contributed by atoms with Crippen LogP contribution in [0.25, 0.3) is 0 Å². The minimum Gasteiger partial charge on any atom is -0.384 e. The number of nitrogens with zero attached hydrogens (tertiary/aromatic N) is 2. The molecule has 0 aliphatic heterocycles. The summed E-state index contributed by atoms with van der Waals surface area (Å²) in [6.45, 7) is -0.811. The monoisotopic (exact) mass is 282 g/mol. The standard InChI is InChI=1S/C10H11F5N4/c1-19(4-7(11)12)9-5(8(16)17)2-3-6(18-9)10(13,14)15/h2-3,7H,4H2,1H3,(H3,16,17). The van der Waals surface area contributed by atoms with Crippen LogP contribution in [0.3, 0.4) is 0 Å². The quantitative estimate of drug-likeness (QED) is 0.505. The number of nitrogens with two attached hydrogens (primary N) is 1. The number of halogens is 5. The van der Waals surface area contributed by atoms with E-state index in [9.17, 15) is 22.0 Å². The van der Waals surface area contributed by atoms with Crippen LogP contribution >= 0.6 is 0 Å². The molecule has 0 spiro atoms. The van der Waals surface area contributed by atoms with Crippen LogP contribution in [0.4, 0.5) is 27.8 Å². The van der Waals surface area contributed by atoms with Gasteiger partial charge in [0.05, 0.1) is 12.1 Å². The van der Waals surface area contributed by atoms with E-state index in [0.717, 1.165) is 18.0 Å². The van der Waals surface area contributed by atoms with Gasteiger partial charge in [0, 0.05) is 7.05 Å². The molecule has 0 unspecified atom stereocenters. The van der Waals surface area contributed by atoms with Gasteiger partial charge in [-0.2, -0.15) is 13.2 Å². The van der Waals surface area contributed by atoms with E-state index in [0.29, 0.717) is 6.07 Å². The minimum absolute atomic E-state index is 0.129. The van der Waals surface area contributed by atoms with E-state index in [1.165, 1.54) is 0 Å². The van der Waals surface area contributed by atoms with Gasteiger partial charge < -0.3 is 10.6 Å². The summed E-state index contributed by atoms with van der Waals surface area (Å²) in [7, 11) is 1.15. The number of alkyl halides is 5. The highest BCUT2D eigenvalue weighted by molar-refractivity contribution is 5.99. The molecule has 0 saturated heterocycles. The molecule has 0 radical (unpaired) electrons. The lowest BCUT2D eigenvalue weighted by Crippen LogP contribution is -2.29. The van der Waals surface area contributed by atoms with Gasteiger partial charge >= 0.3 is 6.18 Å². The summed E-state index contributed by atoms with van der Waals surface area (Å²) >= 11 is 0. The molecule has 19 heavy (non-hydrogen) atoms. The van der Waals surface area contributed by atoms with E-state index in [1.54, 1.807) is 0 Å². The summed E-state index contributed by atoms with van der Waals surface area (Å²) in [5.74, 6) is -0.944. The van der Waals surface area contributed by atoms with E-state index in [2.05, 4.69) is 4.98 Å². The molecule has 0 fully saturated rings. The van der Waals surface area contributed by atoms with Crippen molar-refractivity contribution in [1.29, 1.82) is 5.41 Å². The van der Waals surface area contributed by atoms with E-state index in [-0.39, 0.29) is 5.56 Å². The summed E-state index contributed by atoms with van der Waals surface area (Å²) in [6.07, 6.45) is -7.45. The first-order chi connectivity index (χ1) is 8.62. The molecule has 0 atom stereocenters. The molecule has 4 nitrogen and oxygen atoms in total. The molecule has 1 rings (SSSR count). The lowest BCUT2D eigenvalue weighted by Gasteiger charge is -2.21. The van der Waals surface area contributed by atoms with Crippen LogP contribution in [0.15, 0.2) is 12.1 Å². The molecule has 1 heterocycles. The topological polar surface area (TPSA) is 66.0 Å². The van der Waals surface area contributed by atoms with Gasteiger partial charge in [0.25, 0.3) is 6.43 Å². The van der Waals surface area contributed by atoms with Crippen molar-refractivity contribution in [2.45, 2.75) is 12.6 Å². The lowest BCUT2D eigenvalue weighted by atomic mass is 10.2. The second-order valence-corrected chi connectivity index (χ2v) is 3.75. The first kappa shape index (κ1) is 15.1. The molecule has 0 saturated carbocycles. The maximum atomic E-state index is 12.5. The number of nitrogens with one attached hydrogen (secondary N) is 1. The van der Waals surface area contributed by atoms with Crippen LogP contribution in [-0.2, 0) is 6.18 Å². The normalized spacial score (nSPS) is 11.7. The van der Waals surface area contributed by atoms with Gasteiger partial charge in [-0.3, -0.25) is 5.41 Å². The van der Waals surface area contributed by atoms with Gasteiger partial charge in [-0.25, -0.2) is 13.8 Å². The van der Waals surface area contributed by atoms with Crippen LogP contribution in [0.2, 0.25) is 0 Å². The summed E-state index contributed by atoms with van der Waals surface area (Å²) in [4.78, 5) is 4.09. The van der Waals surface area contributed by atoms with Crippen molar-refractivity contribution >= 4 is 11.7 Å². The molecule has 0 amide bonds. The third-order valence-electron chi connectivity index (χ3n) is 2.23. The molecular weight excluding hydrogens is 271 g/mol. The maximum Gasteiger partial charge on any atom is 0.433 e. The zero-order chi connectivity index (χ0) is 14.8. The number of rotatable bonds is 4. The average Bonchev–Trinajstić information content (AvgIpc) is 2.25. The van der Waals surface area contributed by atoms with Gasteiger partial charge in [-0.05, 0) is 12.1 Å². The molecule has 3 N–H and O–H groups in total. The number of amidine groups is 1. The van der Waals surface area contributed by atoms with Crippen LogP contribution in [0, 0.1) is 5.41 Å².